The fourth-order valence-electron chi connectivity index (χ4n) is 2.53. The van der Waals surface area contributed by atoms with Crippen LogP contribution >= 0.6 is 23.2 Å². The molecule has 0 unspecified atom stereocenters. The van der Waals surface area contributed by atoms with Gasteiger partial charge in [0.05, 0.1) is 9.79 Å². The molecule has 10 heteroatoms. The van der Waals surface area contributed by atoms with Crippen LogP contribution in [0.3, 0.4) is 0 Å². The van der Waals surface area contributed by atoms with Gasteiger partial charge < -0.3 is 0 Å². The number of benzene rings is 3. The van der Waals surface area contributed by atoms with Gasteiger partial charge in [-0.05, 0) is 59.7 Å². The molecule has 3 aromatic carbocycles. The first-order valence-electron chi connectivity index (χ1n) is 8.74. The lowest BCUT2D eigenvalue weighted by Crippen LogP contribution is -2.24. The molecule has 2 N–H and O–H groups in total. The van der Waals surface area contributed by atoms with Crippen LogP contribution in [0.1, 0.15) is 11.1 Å². The van der Waals surface area contributed by atoms with Gasteiger partial charge in [0.15, 0.2) is 0 Å². The zero-order valence-electron chi connectivity index (χ0n) is 15.5. The Morgan fingerprint density at radius 3 is 1.13 bits per heavy atom. The summed E-state index contributed by atoms with van der Waals surface area (Å²) in [6.07, 6.45) is 0. The van der Waals surface area contributed by atoms with Gasteiger partial charge in [0, 0.05) is 23.1 Å². The number of nitrogens with one attached hydrogen (secondary N) is 2. The summed E-state index contributed by atoms with van der Waals surface area (Å²) in [5.74, 6) is 0. The number of hydrogen-bond donors (Lipinski definition) is 2. The van der Waals surface area contributed by atoms with Crippen LogP contribution in [0.15, 0.2) is 82.6 Å². The highest BCUT2D eigenvalue weighted by Crippen LogP contribution is 2.16. The van der Waals surface area contributed by atoms with Gasteiger partial charge in [0.1, 0.15) is 0 Å². The minimum atomic E-state index is -3.66. The zero-order valence-corrected chi connectivity index (χ0v) is 18.7. The topological polar surface area (TPSA) is 92.3 Å². The van der Waals surface area contributed by atoms with Crippen molar-refractivity contribution in [1.82, 2.24) is 9.44 Å². The van der Waals surface area contributed by atoms with E-state index in [0.717, 1.165) is 11.1 Å². The molecule has 0 fully saturated rings. The Balaban J connectivity index is 1.58. The second-order valence-corrected chi connectivity index (χ2v) is 10.8. The molecule has 158 valence electrons. The van der Waals surface area contributed by atoms with Gasteiger partial charge in [-0.3, -0.25) is 0 Å². The van der Waals surface area contributed by atoms with Crippen LogP contribution in [0, 0.1) is 0 Å². The summed E-state index contributed by atoms with van der Waals surface area (Å²) < 4.78 is 54.3. The van der Waals surface area contributed by atoms with Gasteiger partial charge in [-0.25, -0.2) is 26.3 Å². The van der Waals surface area contributed by atoms with E-state index in [0.29, 0.717) is 10.0 Å². The maximum atomic E-state index is 12.3. The van der Waals surface area contributed by atoms with Crippen molar-refractivity contribution in [2.75, 3.05) is 0 Å². The standard InChI is InChI=1S/C20H18Cl2N2O4S2/c21-17-5-9-19(10-6-17)29(25,26)23-13-15-1-2-16(4-3-15)14-24-30(27,28)20-11-7-18(22)8-12-20/h1-12,23-24H,13-14H2. The molecule has 0 radical (unpaired) electrons. The van der Waals surface area contributed by atoms with E-state index in [1.54, 1.807) is 24.3 Å². The SMILES string of the molecule is O=S(=O)(NCc1ccc(CNS(=O)(=O)c2ccc(Cl)cc2)cc1)c1ccc(Cl)cc1. The van der Waals surface area contributed by atoms with E-state index in [9.17, 15) is 16.8 Å². The lowest BCUT2D eigenvalue weighted by molar-refractivity contribution is 0.579. The molecule has 0 saturated carbocycles. The molecule has 0 aliphatic carbocycles. The molecule has 0 aliphatic rings. The summed E-state index contributed by atoms with van der Waals surface area (Å²) in [4.78, 5) is 0.250. The maximum Gasteiger partial charge on any atom is 0.240 e. The van der Waals surface area contributed by atoms with Gasteiger partial charge in [-0.2, -0.15) is 0 Å². The number of halogens is 2. The van der Waals surface area contributed by atoms with Crippen molar-refractivity contribution < 1.29 is 16.8 Å². The van der Waals surface area contributed by atoms with Crippen molar-refractivity contribution in [3.63, 3.8) is 0 Å². The second-order valence-electron chi connectivity index (χ2n) is 6.37. The van der Waals surface area contributed by atoms with E-state index in [2.05, 4.69) is 9.44 Å². The van der Waals surface area contributed by atoms with E-state index in [1.165, 1.54) is 48.5 Å². The van der Waals surface area contributed by atoms with Crippen molar-refractivity contribution in [1.29, 1.82) is 0 Å². The van der Waals surface area contributed by atoms with Crippen LogP contribution in [0.5, 0.6) is 0 Å². The van der Waals surface area contributed by atoms with E-state index in [1.807, 2.05) is 0 Å². The van der Waals surface area contributed by atoms with E-state index in [4.69, 9.17) is 23.2 Å². The lowest BCUT2D eigenvalue weighted by atomic mass is 10.1. The van der Waals surface area contributed by atoms with Crippen molar-refractivity contribution in [3.8, 4) is 0 Å². The normalized spacial score (nSPS) is 12.1. The highest BCUT2D eigenvalue weighted by atomic mass is 35.5. The first-order chi connectivity index (χ1) is 14.2. The summed E-state index contributed by atoms with van der Waals surface area (Å²) in [6, 6.07) is 18.7. The first-order valence-corrected chi connectivity index (χ1v) is 12.5. The number of rotatable bonds is 8. The third kappa shape index (κ3) is 6.04. The first kappa shape index (κ1) is 22.7. The smallest absolute Gasteiger partial charge is 0.207 e. The van der Waals surface area contributed by atoms with E-state index >= 15 is 0 Å². The van der Waals surface area contributed by atoms with Crippen molar-refractivity contribution >= 4 is 43.2 Å². The summed E-state index contributed by atoms with van der Waals surface area (Å²) >= 11 is 11.6. The largest absolute Gasteiger partial charge is 0.240 e. The van der Waals surface area contributed by atoms with Crippen LogP contribution in [0.25, 0.3) is 0 Å². The Morgan fingerprint density at radius 1 is 0.533 bits per heavy atom. The third-order valence-corrected chi connectivity index (χ3v) is 7.54. The third-order valence-electron chi connectivity index (χ3n) is 4.20. The van der Waals surface area contributed by atoms with Crippen LogP contribution in [-0.2, 0) is 33.1 Å². The van der Waals surface area contributed by atoms with Crippen molar-refractivity contribution in [2.24, 2.45) is 0 Å². The van der Waals surface area contributed by atoms with Crippen LogP contribution in [0.4, 0.5) is 0 Å². The molecule has 0 spiro atoms. The fourth-order valence-corrected chi connectivity index (χ4v) is 4.81. The molecule has 0 aliphatic heterocycles. The van der Waals surface area contributed by atoms with Crippen LogP contribution in [-0.4, -0.2) is 16.8 Å². The highest BCUT2D eigenvalue weighted by molar-refractivity contribution is 7.89. The summed E-state index contributed by atoms with van der Waals surface area (Å²) in [6.45, 7) is 0.198. The average Bonchev–Trinajstić information content (AvgIpc) is 2.72. The molecular weight excluding hydrogens is 467 g/mol. The predicted octanol–water partition coefficient (Wildman–Crippen LogP) is 3.95. The minimum absolute atomic E-state index is 0.0990. The number of hydrogen-bond acceptors (Lipinski definition) is 4. The molecular formula is C20H18Cl2N2O4S2. The quantitative estimate of drug-likeness (QED) is 0.506. The molecule has 0 bridgehead atoms. The van der Waals surface area contributed by atoms with Gasteiger partial charge in [0.2, 0.25) is 20.0 Å². The van der Waals surface area contributed by atoms with E-state index < -0.39 is 20.0 Å². The monoisotopic (exact) mass is 484 g/mol. The molecule has 0 amide bonds. The Kier molecular flexibility index (Phi) is 7.18. The Morgan fingerprint density at radius 2 is 0.833 bits per heavy atom. The maximum absolute atomic E-state index is 12.3. The molecule has 6 nitrogen and oxygen atoms in total. The molecule has 0 aromatic heterocycles. The van der Waals surface area contributed by atoms with Crippen LogP contribution in [0.2, 0.25) is 10.0 Å². The fraction of sp³-hybridized carbons (Fsp3) is 0.100. The second kappa shape index (κ2) is 9.47. The highest BCUT2D eigenvalue weighted by Gasteiger charge is 2.15. The molecule has 0 saturated heterocycles. The Hall–Kier alpha value is -1.94. The molecule has 0 heterocycles. The van der Waals surface area contributed by atoms with Gasteiger partial charge in [-0.1, -0.05) is 47.5 Å². The summed E-state index contributed by atoms with van der Waals surface area (Å²) in [5, 5.41) is 0.910. The van der Waals surface area contributed by atoms with Gasteiger partial charge in [0.25, 0.3) is 0 Å². The molecule has 3 rings (SSSR count). The van der Waals surface area contributed by atoms with E-state index in [-0.39, 0.29) is 22.9 Å². The molecule has 3 aromatic rings. The summed E-state index contributed by atoms with van der Waals surface area (Å²) in [7, 11) is -7.32. The predicted molar refractivity (Wildman–Crippen MR) is 117 cm³/mol. The Labute approximate surface area is 186 Å². The minimum Gasteiger partial charge on any atom is -0.207 e. The molecule has 30 heavy (non-hydrogen) atoms. The molecule has 0 atom stereocenters. The van der Waals surface area contributed by atoms with Crippen molar-refractivity contribution in [2.45, 2.75) is 22.9 Å². The zero-order chi connectivity index (χ0) is 21.8. The average molecular weight is 485 g/mol. The lowest BCUT2D eigenvalue weighted by Gasteiger charge is -2.09. The van der Waals surface area contributed by atoms with Gasteiger partial charge in [-0.15, -0.1) is 0 Å². The van der Waals surface area contributed by atoms with Crippen molar-refractivity contribution in [3.05, 3.63) is 94.0 Å². The van der Waals surface area contributed by atoms with Crippen LogP contribution < -0.4 is 9.44 Å². The van der Waals surface area contributed by atoms with Gasteiger partial charge >= 0.3 is 0 Å². The number of sulfonamides is 2. The summed E-state index contributed by atoms with van der Waals surface area (Å²) in [5.41, 5.74) is 1.47. The Bertz CT molecular complexity index is 1110.